The van der Waals surface area contributed by atoms with E-state index in [1.165, 1.54) is 0 Å². The maximum atomic E-state index is 12.9. The van der Waals surface area contributed by atoms with Crippen molar-refractivity contribution >= 4 is 5.91 Å². The molecule has 112 valence electrons. The van der Waals surface area contributed by atoms with Crippen molar-refractivity contribution in [3.63, 3.8) is 0 Å². The molecule has 4 heteroatoms. The van der Waals surface area contributed by atoms with E-state index >= 15 is 0 Å². The number of nitrogens with zero attached hydrogens (tertiary/aromatic N) is 2. The molecule has 4 nitrogen and oxygen atoms in total. The van der Waals surface area contributed by atoms with Gasteiger partial charge in [0.05, 0.1) is 0 Å². The molecule has 1 unspecified atom stereocenters. The van der Waals surface area contributed by atoms with E-state index in [2.05, 4.69) is 35.6 Å². The highest BCUT2D eigenvalue weighted by atomic mass is 16.2. The summed E-state index contributed by atoms with van der Waals surface area (Å²) in [5.41, 5.74) is 0.819. The second kappa shape index (κ2) is 6.93. The van der Waals surface area contributed by atoms with Crippen LogP contribution in [0.25, 0.3) is 0 Å². The molecule has 0 bridgehead atoms. The molecule has 1 atom stereocenters. The Morgan fingerprint density at radius 1 is 1.55 bits per heavy atom. The Hall–Kier alpha value is -1.29. The van der Waals surface area contributed by atoms with Gasteiger partial charge in [-0.2, -0.15) is 0 Å². The molecule has 0 saturated carbocycles. The molecule has 1 N–H and O–H groups in total. The average Bonchev–Trinajstić information content (AvgIpc) is 2.94. The standard InChI is InChI=1S/C16H27N3O/c1-4-10-19(14-7-5-9-17-12-14)16(20)15-8-6-11-18(15)13(2)3/h6,8,11,13-14,17H,4-5,7,9-10,12H2,1-3H3. The maximum Gasteiger partial charge on any atom is 0.270 e. The number of rotatable bonds is 5. The third kappa shape index (κ3) is 3.23. The van der Waals surface area contributed by atoms with Crippen LogP contribution in [-0.2, 0) is 0 Å². The summed E-state index contributed by atoms with van der Waals surface area (Å²) in [5.74, 6) is 0.180. The van der Waals surface area contributed by atoms with Gasteiger partial charge in [-0.3, -0.25) is 4.79 Å². The molecule has 0 aromatic carbocycles. The molecular weight excluding hydrogens is 250 g/mol. The summed E-state index contributed by atoms with van der Waals surface area (Å²) in [6.45, 7) is 9.21. The quantitative estimate of drug-likeness (QED) is 0.898. The number of nitrogens with one attached hydrogen (secondary N) is 1. The van der Waals surface area contributed by atoms with E-state index in [0.29, 0.717) is 12.1 Å². The van der Waals surface area contributed by atoms with Crippen molar-refractivity contribution in [3.8, 4) is 0 Å². The lowest BCUT2D eigenvalue weighted by molar-refractivity contribution is 0.0636. The Kier molecular flexibility index (Phi) is 5.24. The number of piperidine rings is 1. The van der Waals surface area contributed by atoms with Gasteiger partial charge in [0.25, 0.3) is 5.91 Å². The van der Waals surface area contributed by atoms with E-state index in [4.69, 9.17) is 0 Å². The minimum Gasteiger partial charge on any atom is -0.341 e. The minimum absolute atomic E-state index is 0.180. The molecule has 20 heavy (non-hydrogen) atoms. The second-order valence-corrected chi connectivity index (χ2v) is 5.89. The molecule has 0 aliphatic carbocycles. The summed E-state index contributed by atoms with van der Waals surface area (Å²) in [6.07, 6.45) is 5.27. The van der Waals surface area contributed by atoms with Gasteiger partial charge in [0.15, 0.2) is 0 Å². The van der Waals surface area contributed by atoms with Gasteiger partial charge < -0.3 is 14.8 Å². The van der Waals surface area contributed by atoms with E-state index in [9.17, 15) is 4.79 Å². The molecule has 0 spiro atoms. The Morgan fingerprint density at radius 2 is 2.35 bits per heavy atom. The summed E-state index contributed by atoms with van der Waals surface area (Å²) in [5, 5.41) is 3.41. The van der Waals surface area contributed by atoms with E-state index < -0.39 is 0 Å². The number of amides is 1. The molecule has 1 fully saturated rings. The van der Waals surface area contributed by atoms with Gasteiger partial charge in [-0.1, -0.05) is 6.92 Å². The monoisotopic (exact) mass is 277 g/mol. The van der Waals surface area contributed by atoms with Crippen molar-refractivity contribution in [1.29, 1.82) is 0 Å². The van der Waals surface area contributed by atoms with Crippen LogP contribution in [-0.4, -0.2) is 41.1 Å². The van der Waals surface area contributed by atoms with Crippen LogP contribution in [0.4, 0.5) is 0 Å². The number of hydrogen-bond acceptors (Lipinski definition) is 2. The summed E-state index contributed by atoms with van der Waals surface area (Å²) in [7, 11) is 0. The highest BCUT2D eigenvalue weighted by Gasteiger charge is 2.27. The SMILES string of the molecule is CCCN(C(=O)c1cccn1C(C)C)C1CCCNC1. The first-order chi connectivity index (χ1) is 9.65. The molecular formula is C16H27N3O. The molecule has 1 aliphatic heterocycles. The zero-order valence-corrected chi connectivity index (χ0v) is 12.9. The van der Waals surface area contributed by atoms with Gasteiger partial charge in [-0.05, 0) is 51.8 Å². The van der Waals surface area contributed by atoms with Crippen molar-refractivity contribution in [3.05, 3.63) is 24.0 Å². The van der Waals surface area contributed by atoms with Crippen molar-refractivity contribution < 1.29 is 4.79 Å². The summed E-state index contributed by atoms with van der Waals surface area (Å²) < 4.78 is 2.07. The van der Waals surface area contributed by atoms with Gasteiger partial charge in [-0.25, -0.2) is 0 Å². The topological polar surface area (TPSA) is 37.3 Å². The highest BCUT2D eigenvalue weighted by molar-refractivity contribution is 5.93. The fourth-order valence-electron chi connectivity index (χ4n) is 2.96. The Bertz CT molecular complexity index is 433. The fourth-order valence-corrected chi connectivity index (χ4v) is 2.96. The fraction of sp³-hybridized carbons (Fsp3) is 0.688. The zero-order valence-electron chi connectivity index (χ0n) is 12.9. The van der Waals surface area contributed by atoms with Gasteiger partial charge >= 0.3 is 0 Å². The third-order valence-corrected chi connectivity index (χ3v) is 3.99. The summed E-state index contributed by atoms with van der Waals surface area (Å²) in [6, 6.07) is 4.57. The van der Waals surface area contributed by atoms with Crippen molar-refractivity contribution in [2.75, 3.05) is 19.6 Å². The summed E-state index contributed by atoms with van der Waals surface area (Å²) in [4.78, 5) is 15.0. The van der Waals surface area contributed by atoms with Crippen LogP contribution in [0.5, 0.6) is 0 Å². The lowest BCUT2D eigenvalue weighted by Gasteiger charge is -2.35. The van der Waals surface area contributed by atoms with Crippen LogP contribution in [0.15, 0.2) is 18.3 Å². The molecule has 2 heterocycles. The lowest BCUT2D eigenvalue weighted by atomic mass is 10.0. The van der Waals surface area contributed by atoms with Crippen molar-refractivity contribution in [2.24, 2.45) is 0 Å². The molecule has 1 saturated heterocycles. The minimum atomic E-state index is 0.180. The van der Waals surface area contributed by atoms with Crippen LogP contribution < -0.4 is 5.32 Å². The molecule has 0 radical (unpaired) electrons. The predicted molar refractivity (Wildman–Crippen MR) is 82.0 cm³/mol. The molecule has 2 rings (SSSR count). The molecule has 1 amide bonds. The van der Waals surface area contributed by atoms with Crippen LogP contribution in [0.1, 0.15) is 56.6 Å². The van der Waals surface area contributed by atoms with E-state index in [0.717, 1.165) is 44.6 Å². The van der Waals surface area contributed by atoms with E-state index in [-0.39, 0.29) is 5.91 Å². The highest BCUT2D eigenvalue weighted by Crippen LogP contribution is 2.18. The van der Waals surface area contributed by atoms with Gasteiger partial charge in [0.2, 0.25) is 0 Å². The van der Waals surface area contributed by atoms with E-state index in [1.54, 1.807) is 0 Å². The average molecular weight is 277 g/mol. The largest absolute Gasteiger partial charge is 0.341 e. The zero-order chi connectivity index (χ0) is 14.5. The Morgan fingerprint density at radius 3 is 2.95 bits per heavy atom. The third-order valence-electron chi connectivity index (χ3n) is 3.99. The van der Waals surface area contributed by atoms with Crippen LogP contribution >= 0.6 is 0 Å². The van der Waals surface area contributed by atoms with Gasteiger partial charge in [0.1, 0.15) is 5.69 Å². The molecule has 1 aromatic rings. The first-order valence-electron chi connectivity index (χ1n) is 7.83. The Balaban J connectivity index is 2.19. The predicted octanol–water partition coefficient (Wildman–Crippen LogP) is 2.67. The smallest absolute Gasteiger partial charge is 0.270 e. The first-order valence-corrected chi connectivity index (χ1v) is 7.83. The number of hydrogen-bond donors (Lipinski definition) is 1. The van der Waals surface area contributed by atoms with Gasteiger partial charge in [-0.15, -0.1) is 0 Å². The maximum absolute atomic E-state index is 12.9. The second-order valence-electron chi connectivity index (χ2n) is 5.89. The van der Waals surface area contributed by atoms with E-state index in [1.807, 2.05) is 18.3 Å². The van der Waals surface area contributed by atoms with Gasteiger partial charge in [0, 0.05) is 31.4 Å². The van der Waals surface area contributed by atoms with Crippen LogP contribution in [0, 0.1) is 0 Å². The van der Waals surface area contributed by atoms with Crippen molar-refractivity contribution in [1.82, 2.24) is 14.8 Å². The number of carbonyl (C=O) groups excluding carboxylic acids is 1. The number of carbonyl (C=O) groups is 1. The first kappa shape index (κ1) is 15.1. The normalized spacial score (nSPS) is 19.3. The molecule has 1 aromatic heterocycles. The van der Waals surface area contributed by atoms with Crippen LogP contribution in [0.3, 0.4) is 0 Å². The van der Waals surface area contributed by atoms with Crippen molar-refractivity contribution in [2.45, 2.75) is 52.1 Å². The summed E-state index contributed by atoms with van der Waals surface area (Å²) >= 11 is 0. The van der Waals surface area contributed by atoms with Crippen LogP contribution in [0.2, 0.25) is 0 Å². The lowest BCUT2D eigenvalue weighted by Crippen LogP contribution is -2.49. The number of aromatic nitrogens is 1. The molecule has 1 aliphatic rings. The Labute approximate surface area is 122 Å².